The molecule has 1 aromatic heterocycles. The zero-order valence-corrected chi connectivity index (χ0v) is 18.7. The van der Waals surface area contributed by atoms with Gasteiger partial charge in [0.15, 0.2) is 12.4 Å². The Kier molecular flexibility index (Phi) is 6.32. The maximum atomic E-state index is 12.4. The second kappa shape index (κ2) is 9.11. The Labute approximate surface area is 185 Å². The summed E-state index contributed by atoms with van der Waals surface area (Å²) in [4.78, 5) is 19.0. The molecule has 3 aromatic rings. The van der Waals surface area contributed by atoms with Crippen LogP contribution < -0.4 is 15.0 Å². The summed E-state index contributed by atoms with van der Waals surface area (Å²) in [5.41, 5.74) is 2.55. The second-order valence-corrected chi connectivity index (χ2v) is 8.26. The molecular weight excluding hydrogens is 502 g/mol. The highest BCUT2D eigenvalue weighted by atomic mass is 79.9. The maximum absolute atomic E-state index is 12.4. The molecular formula is C21H19Br2N3O3. The number of nitrogens with zero attached hydrogens (tertiary/aromatic N) is 2. The molecule has 2 aromatic carbocycles. The molecule has 0 bridgehead atoms. The van der Waals surface area contributed by atoms with Gasteiger partial charge in [-0.1, -0.05) is 22.0 Å². The van der Waals surface area contributed by atoms with E-state index in [1.807, 2.05) is 42.5 Å². The van der Waals surface area contributed by atoms with Crippen LogP contribution >= 0.6 is 31.9 Å². The fourth-order valence-electron chi connectivity index (χ4n) is 3.20. The Morgan fingerprint density at radius 2 is 1.90 bits per heavy atom. The number of ether oxygens (including phenoxy) is 2. The van der Waals surface area contributed by atoms with Gasteiger partial charge in [-0.3, -0.25) is 9.78 Å². The Morgan fingerprint density at radius 3 is 2.66 bits per heavy atom. The summed E-state index contributed by atoms with van der Waals surface area (Å²) in [5, 5.41) is 3.79. The zero-order chi connectivity index (χ0) is 20.2. The van der Waals surface area contributed by atoms with Gasteiger partial charge in [-0.05, 0) is 52.3 Å². The number of hydrogen-bond acceptors (Lipinski definition) is 5. The predicted octanol–water partition coefficient (Wildman–Crippen LogP) is 4.61. The van der Waals surface area contributed by atoms with E-state index in [-0.39, 0.29) is 12.5 Å². The lowest BCUT2D eigenvalue weighted by molar-refractivity contribution is -0.118. The number of nitrogens with one attached hydrogen (secondary N) is 1. The van der Waals surface area contributed by atoms with Crippen LogP contribution in [-0.2, 0) is 9.53 Å². The minimum atomic E-state index is -0.233. The van der Waals surface area contributed by atoms with Crippen molar-refractivity contribution in [2.24, 2.45) is 0 Å². The van der Waals surface area contributed by atoms with Crippen LogP contribution in [0, 0.1) is 0 Å². The number of halogens is 2. The zero-order valence-electron chi connectivity index (χ0n) is 15.5. The quantitative estimate of drug-likeness (QED) is 0.532. The van der Waals surface area contributed by atoms with Gasteiger partial charge in [0.25, 0.3) is 5.91 Å². The van der Waals surface area contributed by atoms with E-state index >= 15 is 0 Å². The number of benzene rings is 2. The third kappa shape index (κ3) is 4.71. The average molecular weight is 521 g/mol. The summed E-state index contributed by atoms with van der Waals surface area (Å²) in [5.74, 6) is 0.310. The van der Waals surface area contributed by atoms with Crippen molar-refractivity contribution in [1.29, 1.82) is 0 Å². The van der Waals surface area contributed by atoms with Crippen molar-refractivity contribution in [2.45, 2.75) is 0 Å². The van der Waals surface area contributed by atoms with Crippen molar-refractivity contribution in [3.8, 4) is 5.75 Å². The molecule has 8 heteroatoms. The first-order chi connectivity index (χ1) is 14.1. The third-order valence-corrected chi connectivity index (χ3v) is 5.87. The number of aromatic nitrogens is 1. The number of carbonyl (C=O) groups excluding carboxylic acids is 1. The number of pyridine rings is 1. The molecule has 0 saturated carbocycles. The lowest BCUT2D eigenvalue weighted by Crippen LogP contribution is -2.36. The van der Waals surface area contributed by atoms with E-state index in [4.69, 9.17) is 9.47 Å². The predicted molar refractivity (Wildman–Crippen MR) is 121 cm³/mol. The topological polar surface area (TPSA) is 63.7 Å². The van der Waals surface area contributed by atoms with Crippen molar-refractivity contribution >= 4 is 60.0 Å². The van der Waals surface area contributed by atoms with E-state index in [0.29, 0.717) is 11.3 Å². The molecule has 0 spiro atoms. The molecule has 6 nitrogen and oxygen atoms in total. The van der Waals surface area contributed by atoms with Crippen molar-refractivity contribution in [3.05, 3.63) is 57.6 Å². The summed E-state index contributed by atoms with van der Waals surface area (Å²) in [6.45, 7) is 3.13. The van der Waals surface area contributed by atoms with Crippen molar-refractivity contribution in [1.82, 2.24) is 4.98 Å². The van der Waals surface area contributed by atoms with Crippen molar-refractivity contribution in [3.63, 3.8) is 0 Å². The van der Waals surface area contributed by atoms with E-state index in [2.05, 4.69) is 47.1 Å². The summed E-state index contributed by atoms with van der Waals surface area (Å²) in [7, 11) is 0. The first-order valence-corrected chi connectivity index (χ1v) is 10.8. The molecule has 29 heavy (non-hydrogen) atoms. The molecule has 0 atom stereocenters. The highest BCUT2D eigenvalue weighted by molar-refractivity contribution is 9.11. The van der Waals surface area contributed by atoms with Crippen LogP contribution in [-0.4, -0.2) is 43.8 Å². The standard InChI is InChI=1S/C21H19Br2N3O3/c22-17-12-18(23)21(20-16(17)2-1-7-24-20)29-13-19(27)25-14-3-5-15(6-4-14)26-8-10-28-11-9-26/h1-7,12H,8-11,13H2,(H,25,27). The fraction of sp³-hybridized carbons (Fsp3) is 0.238. The Hall–Kier alpha value is -2.16. The van der Waals surface area contributed by atoms with Crippen molar-refractivity contribution < 1.29 is 14.3 Å². The molecule has 1 amide bonds. The van der Waals surface area contributed by atoms with Crippen LogP contribution in [0.2, 0.25) is 0 Å². The minimum absolute atomic E-state index is 0.114. The lowest BCUT2D eigenvalue weighted by Gasteiger charge is -2.28. The SMILES string of the molecule is O=C(COc1c(Br)cc(Br)c2cccnc12)Nc1ccc(N2CCOCC2)cc1. The molecule has 1 saturated heterocycles. The van der Waals surface area contributed by atoms with Crippen LogP contribution in [0.5, 0.6) is 5.75 Å². The number of amides is 1. The van der Waals surface area contributed by atoms with Gasteiger partial charge in [-0.15, -0.1) is 0 Å². The van der Waals surface area contributed by atoms with Crippen LogP contribution in [0.4, 0.5) is 11.4 Å². The number of hydrogen-bond donors (Lipinski definition) is 1. The maximum Gasteiger partial charge on any atom is 0.262 e. The van der Waals surface area contributed by atoms with Gasteiger partial charge in [0, 0.05) is 40.5 Å². The van der Waals surface area contributed by atoms with Crippen LogP contribution in [0.1, 0.15) is 0 Å². The molecule has 1 N–H and O–H groups in total. The highest BCUT2D eigenvalue weighted by Gasteiger charge is 2.14. The Balaban J connectivity index is 1.40. The number of rotatable bonds is 5. The summed E-state index contributed by atoms with van der Waals surface area (Å²) < 4.78 is 12.8. The number of morpholine rings is 1. The Morgan fingerprint density at radius 1 is 1.14 bits per heavy atom. The number of fused-ring (bicyclic) bond motifs is 1. The molecule has 0 unspecified atom stereocenters. The fourth-order valence-corrected chi connectivity index (χ4v) is 4.58. The van der Waals surface area contributed by atoms with Gasteiger partial charge in [0.1, 0.15) is 5.52 Å². The largest absolute Gasteiger partial charge is 0.480 e. The monoisotopic (exact) mass is 519 g/mol. The summed E-state index contributed by atoms with van der Waals surface area (Å²) >= 11 is 7.02. The number of anilines is 2. The lowest BCUT2D eigenvalue weighted by atomic mass is 10.2. The van der Waals surface area contributed by atoms with Crippen LogP contribution in [0.15, 0.2) is 57.6 Å². The van der Waals surface area contributed by atoms with E-state index in [9.17, 15) is 4.79 Å². The third-order valence-electron chi connectivity index (χ3n) is 4.63. The van der Waals surface area contributed by atoms with E-state index < -0.39 is 0 Å². The molecule has 0 radical (unpaired) electrons. The average Bonchev–Trinajstić information content (AvgIpc) is 2.75. The normalized spacial score (nSPS) is 14.1. The molecule has 2 heterocycles. The molecule has 1 aliphatic heterocycles. The van der Waals surface area contributed by atoms with Gasteiger partial charge in [-0.25, -0.2) is 0 Å². The molecule has 1 aliphatic rings. The summed E-state index contributed by atoms with van der Waals surface area (Å²) in [6, 6.07) is 13.5. The molecule has 0 aliphatic carbocycles. The molecule has 150 valence electrons. The van der Waals surface area contributed by atoms with Crippen molar-refractivity contribution in [2.75, 3.05) is 43.1 Å². The van der Waals surface area contributed by atoms with E-state index in [1.165, 1.54) is 0 Å². The minimum Gasteiger partial charge on any atom is -0.480 e. The molecule has 4 rings (SSSR count). The van der Waals surface area contributed by atoms with E-state index in [1.54, 1.807) is 6.20 Å². The van der Waals surface area contributed by atoms with Gasteiger partial charge in [0.05, 0.1) is 17.7 Å². The smallest absolute Gasteiger partial charge is 0.262 e. The van der Waals surface area contributed by atoms with Gasteiger partial charge in [-0.2, -0.15) is 0 Å². The van der Waals surface area contributed by atoms with Crippen LogP contribution in [0.3, 0.4) is 0 Å². The first kappa shape index (κ1) is 20.1. The van der Waals surface area contributed by atoms with Crippen LogP contribution in [0.25, 0.3) is 10.9 Å². The highest BCUT2D eigenvalue weighted by Crippen LogP contribution is 2.37. The van der Waals surface area contributed by atoms with E-state index in [0.717, 1.165) is 52.0 Å². The van der Waals surface area contributed by atoms with Gasteiger partial charge >= 0.3 is 0 Å². The molecule has 1 fully saturated rings. The second-order valence-electron chi connectivity index (χ2n) is 6.55. The Bertz CT molecular complexity index is 1020. The number of carbonyl (C=O) groups is 1. The van der Waals surface area contributed by atoms with Gasteiger partial charge in [0.2, 0.25) is 0 Å². The summed E-state index contributed by atoms with van der Waals surface area (Å²) in [6.07, 6.45) is 1.70. The van der Waals surface area contributed by atoms with Gasteiger partial charge < -0.3 is 19.7 Å². The first-order valence-electron chi connectivity index (χ1n) is 9.20.